The summed E-state index contributed by atoms with van der Waals surface area (Å²) in [6, 6.07) is 7.99. The molecule has 1 unspecified atom stereocenters. The molecule has 0 aliphatic rings. The number of hydrogen-bond donors (Lipinski definition) is 1. The first-order valence-electron chi connectivity index (χ1n) is 5.58. The second-order valence-electron chi connectivity index (χ2n) is 4.35. The quantitative estimate of drug-likeness (QED) is 0.814. The molecule has 1 aromatic rings. The molecular formula is C13H19BrO2. The maximum atomic E-state index is 10.1. The molecule has 0 radical (unpaired) electrons. The van der Waals surface area contributed by atoms with E-state index in [0.29, 0.717) is 19.6 Å². The van der Waals surface area contributed by atoms with Gasteiger partial charge in [0.1, 0.15) is 0 Å². The lowest BCUT2D eigenvalue weighted by molar-refractivity contribution is -0.0328. The highest BCUT2D eigenvalue weighted by atomic mass is 79.9. The fourth-order valence-electron chi connectivity index (χ4n) is 1.53. The Morgan fingerprint density at radius 1 is 1.31 bits per heavy atom. The van der Waals surface area contributed by atoms with Crippen molar-refractivity contribution in [1.29, 1.82) is 0 Å². The third-order valence-electron chi connectivity index (χ3n) is 2.26. The molecule has 16 heavy (non-hydrogen) atoms. The van der Waals surface area contributed by atoms with Gasteiger partial charge in [-0.3, -0.25) is 0 Å². The van der Waals surface area contributed by atoms with Crippen molar-refractivity contribution in [3.8, 4) is 0 Å². The van der Waals surface area contributed by atoms with Gasteiger partial charge in [0, 0.05) is 17.5 Å². The van der Waals surface area contributed by atoms with Crippen LogP contribution < -0.4 is 0 Å². The second kappa shape index (κ2) is 6.38. The lowest BCUT2D eigenvalue weighted by Gasteiger charge is -2.23. The van der Waals surface area contributed by atoms with E-state index in [2.05, 4.69) is 22.9 Å². The monoisotopic (exact) mass is 286 g/mol. The van der Waals surface area contributed by atoms with Crippen molar-refractivity contribution >= 4 is 15.9 Å². The number of hydrogen-bond acceptors (Lipinski definition) is 2. The molecule has 0 spiro atoms. The summed E-state index contributed by atoms with van der Waals surface area (Å²) in [6.45, 7) is 4.96. The van der Waals surface area contributed by atoms with E-state index in [9.17, 15) is 5.11 Å². The summed E-state index contributed by atoms with van der Waals surface area (Å²) in [7, 11) is 0. The predicted octanol–water partition coefficient (Wildman–Crippen LogP) is 3.17. The molecular weight excluding hydrogens is 268 g/mol. The fraction of sp³-hybridized carbons (Fsp3) is 0.538. The van der Waals surface area contributed by atoms with Gasteiger partial charge in [0.2, 0.25) is 0 Å². The van der Waals surface area contributed by atoms with Gasteiger partial charge in [-0.25, -0.2) is 0 Å². The molecule has 0 heterocycles. The largest absolute Gasteiger partial charge is 0.387 e. The third-order valence-corrected chi connectivity index (χ3v) is 2.79. The molecule has 1 aromatic carbocycles. The summed E-state index contributed by atoms with van der Waals surface area (Å²) in [6.07, 6.45) is 1.60. The molecule has 0 saturated carbocycles. The van der Waals surface area contributed by atoms with E-state index in [0.717, 1.165) is 16.5 Å². The maximum Gasteiger partial charge on any atom is 0.0892 e. The van der Waals surface area contributed by atoms with Gasteiger partial charge in [0.15, 0.2) is 0 Å². The molecule has 0 aliphatic heterocycles. The van der Waals surface area contributed by atoms with Gasteiger partial charge in [-0.2, -0.15) is 0 Å². The van der Waals surface area contributed by atoms with Gasteiger partial charge in [0.05, 0.1) is 12.2 Å². The van der Waals surface area contributed by atoms with Crippen LogP contribution in [-0.2, 0) is 11.2 Å². The number of aliphatic hydroxyl groups is 1. The second-order valence-corrected chi connectivity index (χ2v) is 5.27. The topological polar surface area (TPSA) is 29.5 Å². The molecule has 0 bridgehead atoms. The summed E-state index contributed by atoms with van der Waals surface area (Å²) in [5.74, 6) is 0. The van der Waals surface area contributed by atoms with Crippen molar-refractivity contribution in [3.05, 3.63) is 34.3 Å². The molecule has 90 valence electrons. The van der Waals surface area contributed by atoms with Gasteiger partial charge in [-0.1, -0.05) is 35.0 Å². The first kappa shape index (κ1) is 13.7. The van der Waals surface area contributed by atoms with Gasteiger partial charge in [-0.05, 0) is 31.0 Å². The van der Waals surface area contributed by atoms with E-state index in [1.165, 1.54) is 0 Å². The standard InChI is InChI=1S/C13H19BrO2/c1-3-8-16-10-13(2,15)9-11-4-6-12(14)7-5-11/h4-7,15H,3,8-10H2,1-2H3. The van der Waals surface area contributed by atoms with Crippen LogP contribution in [0.15, 0.2) is 28.7 Å². The van der Waals surface area contributed by atoms with E-state index >= 15 is 0 Å². The van der Waals surface area contributed by atoms with Crippen LogP contribution in [0.4, 0.5) is 0 Å². The van der Waals surface area contributed by atoms with E-state index in [1.807, 2.05) is 31.2 Å². The highest BCUT2D eigenvalue weighted by molar-refractivity contribution is 9.10. The number of ether oxygens (including phenoxy) is 1. The summed E-state index contributed by atoms with van der Waals surface area (Å²) < 4.78 is 6.44. The molecule has 0 amide bonds. The first-order chi connectivity index (χ1) is 7.53. The van der Waals surface area contributed by atoms with Crippen LogP contribution in [0.25, 0.3) is 0 Å². The van der Waals surface area contributed by atoms with Gasteiger partial charge >= 0.3 is 0 Å². The third kappa shape index (κ3) is 5.10. The number of halogens is 1. The van der Waals surface area contributed by atoms with Gasteiger partial charge in [0.25, 0.3) is 0 Å². The van der Waals surface area contributed by atoms with Crippen LogP contribution in [0.2, 0.25) is 0 Å². The molecule has 1 rings (SSSR count). The minimum atomic E-state index is -0.789. The lowest BCUT2D eigenvalue weighted by atomic mass is 9.97. The van der Waals surface area contributed by atoms with Crippen molar-refractivity contribution in [3.63, 3.8) is 0 Å². The molecule has 0 aromatic heterocycles. The lowest BCUT2D eigenvalue weighted by Crippen LogP contribution is -2.33. The van der Waals surface area contributed by atoms with E-state index < -0.39 is 5.60 Å². The molecule has 3 heteroatoms. The summed E-state index contributed by atoms with van der Waals surface area (Å²) in [5.41, 5.74) is 0.330. The molecule has 0 fully saturated rings. The zero-order valence-corrected chi connectivity index (χ0v) is 11.5. The Morgan fingerprint density at radius 2 is 1.94 bits per heavy atom. The van der Waals surface area contributed by atoms with Gasteiger partial charge < -0.3 is 9.84 Å². The van der Waals surface area contributed by atoms with Gasteiger partial charge in [-0.15, -0.1) is 0 Å². The number of rotatable bonds is 6. The van der Waals surface area contributed by atoms with Crippen LogP contribution in [0.1, 0.15) is 25.8 Å². The SMILES string of the molecule is CCCOCC(C)(O)Cc1ccc(Br)cc1. The van der Waals surface area contributed by atoms with Crippen LogP contribution in [0, 0.1) is 0 Å². The van der Waals surface area contributed by atoms with E-state index in [-0.39, 0.29) is 0 Å². The van der Waals surface area contributed by atoms with Crippen LogP contribution in [0.3, 0.4) is 0 Å². The smallest absolute Gasteiger partial charge is 0.0892 e. The van der Waals surface area contributed by atoms with Crippen LogP contribution >= 0.6 is 15.9 Å². The van der Waals surface area contributed by atoms with E-state index in [4.69, 9.17) is 4.74 Å². The Kier molecular flexibility index (Phi) is 5.46. The Bertz CT molecular complexity index is 306. The average Bonchev–Trinajstić information content (AvgIpc) is 2.21. The Hall–Kier alpha value is -0.380. The Morgan fingerprint density at radius 3 is 2.50 bits per heavy atom. The minimum absolute atomic E-state index is 0.386. The van der Waals surface area contributed by atoms with E-state index in [1.54, 1.807) is 0 Å². The first-order valence-corrected chi connectivity index (χ1v) is 6.37. The molecule has 0 saturated heterocycles. The highest BCUT2D eigenvalue weighted by Gasteiger charge is 2.20. The summed E-state index contributed by atoms with van der Waals surface area (Å²) >= 11 is 3.39. The average molecular weight is 287 g/mol. The fourth-order valence-corrected chi connectivity index (χ4v) is 1.79. The predicted molar refractivity (Wildman–Crippen MR) is 69.6 cm³/mol. The zero-order valence-electron chi connectivity index (χ0n) is 9.87. The van der Waals surface area contributed by atoms with Crippen molar-refractivity contribution in [2.24, 2.45) is 0 Å². The molecule has 1 N–H and O–H groups in total. The number of benzene rings is 1. The van der Waals surface area contributed by atoms with Crippen molar-refractivity contribution in [1.82, 2.24) is 0 Å². The van der Waals surface area contributed by atoms with Crippen molar-refractivity contribution < 1.29 is 9.84 Å². The Labute approximate surface area is 106 Å². The van der Waals surface area contributed by atoms with Crippen molar-refractivity contribution in [2.45, 2.75) is 32.3 Å². The zero-order chi connectivity index (χ0) is 12.0. The molecule has 2 nitrogen and oxygen atoms in total. The minimum Gasteiger partial charge on any atom is -0.387 e. The Balaban J connectivity index is 2.48. The normalized spacial score (nSPS) is 14.8. The molecule has 0 aliphatic carbocycles. The van der Waals surface area contributed by atoms with Crippen molar-refractivity contribution in [2.75, 3.05) is 13.2 Å². The molecule has 1 atom stereocenters. The van der Waals surface area contributed by atoms with Crippen LogP contribution in [-0.4, -0.2) is 23.9 Å². The summed E-state index contributed by atoms with van der Waals surface area (Å²) in [4.78, 5) is 0. The summed E-state index contributed by atoms with van der Waals surface area (Å²) in [5, 5.41) is 10.1. The maximum absolute atomic E-state index is 10.1. The van der Waals surface area contributed by atoms with Crippen LogP contribution in [0.5, 0.6) is 0 Å². The highest BCUT2D eigenvalue weighted by Crippen LogP contribution is 2.16.